The molecule has 29 heavy (non-hydrogen) atoms. The summed E-state index contributed by atoms with van der Waals surface area (Å²) in [5.74, 6) is 1.33. The van der Waals surface area contributed by atoms with E-state index in [2.05, 4.69) is 17.5 Å². The van der Waals surface area contributed by atoms with Crippen molar-refractivity contribution in [2.24, 2.45) is 0 Å². The number of rotatable bonds is 7. The molecule has 143 valence electrons. The van der Waals surface area contributed by atoms with Crippen molar-refractivity contribution in [3.63, 3.8) is 0 Å². The monoisotopic (exact) mass is 460 g/mol. The van der Waals surface area contributed by atoms with Gasteiger partial charge in [0.25, 0.3) is 0 Å². The van der Waals surface area contributed by atoms with Crippen molar-refractivity contribution in [1.82, 2.24) is 5.32 Å². The van der Waals surface area contributed by atoms with Crippen molar-refractivity contribution in [2.75, 3.05) is 6.61 Å². The predicted octanol–water partition coefficient (Wildman–Crippen LogP) is 4.37. The average Bonchev–Trinajstić information content (AvgIpc) is 2.74. The predicted molar refractivity (Wildman–Crippen MR) is 105 cm³/mol. The van der Waals surface area contributed by atoms with Crippen LogP contribution in [0.15, 0.2) is 78.9 Å². The van der Waals surface area contributed by atoms with E-state index in [0.29, 0.717) is 22.8 Å². The maximum atomic E-state index is 12.4. The molecule has 3 aromatic rings. The minimum Gasteiger partial charge on any atom is -0.486 e. The summed E-state index contributed by atoms with van der Waals surface area (Å²) in [6.45, 7) is 1.57. The second-order valence-corrected chi connectivity index (χ2v) is 6.34. The number of nitrogens with one attached hydrogen (secondary N) is 1. The second-order valence-electron chi connectivity index (χ2n) is 6.34. The number of carbonyl (C=O) groups is 1. The van der Waals surface area contributed by atoms with Gasteiger partial charge < -0.3 is 14.8 Å². The molecule has 0 aromatic heterocycles. The Labute approximate surface area is 195 Å². The third-order valence-electron chi connectivity index (χ3n) is 3.95. The number of nitriles is 1. The van der Waals surface area contributed by atoms with Crippen molar-refractivity contribution in [2.45, 2.75) is 12.5 Å². The van der Waals surface area contributed by atoms with Gasteiger partial charge in [0, 0.05) is 32.7 Å². The van der Waals surface area contributed by atoms with E-state index in [1.165, 1.54) is 0 Å². The number of hydrogen-bond donors (Lipinski definition) is 1. The molecule has 1 amide bonds. The van der Waals surface area contributed by atoms with Crippen LogP contribution in [0.2, 0.25) is 0 Å². The van der Waals surface area contributed by atoms with Gasteiger partial charge in [-0.3, -0.25) is 4.79 Å². The van der Waals surface area contributed by atoms with Gasteiger partial charge in [-0.1, -0.05) is 35.9 Å². The molecule has 0 heterocycles. The normalized spacial score (nSPS) is 11.9. The van der Waals surface area contributed by atoms with Gasteiger partial charge in [0.2, 0.25) is 5.91 Å². The van der Waals surface area contributed by atoms with Crippen molar-refractivity contribution in [3.05, 3.63) is 90.5 Å². The largest absolute Gasteiger partial charge is 0.486 e. The van der Waals surface area contributed by atoms with Crippen LogP contribution in [0.1, 0.15) is 17.3 Å². The number of benzene rings is 3. The topological polar surface area (TPSA) is 71.3 Å². The summed E-state index contributed by atoms with van der Waals surface area (Å²) >= 11 is 0. The van der Waals surface area contributed by atoms with Crippen LogP contribution in [-0.2, 0) is 32.7 Å². The van der Waals surface area contributed by atoms with Crippen LogP contribution in [0.4, 0.5) is 0 Å². The van der Waals surface area contributed by atoms with Gasteiger partial charge in [-0.05, 0) is 31.2 Å². The first-order valence-corrected chi connectivity index (χ1v) is 8.74. The molecule has 0 saturated carbocycles. The molecule has 0 bridgehead atoms. The fourth-order valence-electron chi connectivity index (χ4n) is 2.45. The first-order valence-electron chi connectivity index (χ1n) is 8.74. The van der Waals surface area contributed by atoms with Crippen LogP contribution in [0.25, 0.3) is 0 Å². The second kappa shape index (κ2) is 10.8. The molecule has 3 rings (SSSR count). The molecule has 1 atom stereocenters. The quantitative estimate of drug-likeness (QED) is 0.532. The average molecular weight is 460 g/mol. The third-order valence-corrected chi connectivity index (χ3v) is 3.95. The van der Waals surface area contributed by atoms with Crippen LogP contribution in [0, 0.1) is 17.4 Å². The maximum absolute atomic E-state index is 12.4. The van der Waals surface area contributed by atoms with Gasteiger partial charge in [-0.15, -0.1) is 0 Å². The fraction of sp³-hybridized carbons (Fsp3) is 0.130. The number of carbonyl (C=O) groups excluding carboxylic acids is 1. The molecule has 0 aliphatic heterocycles. The molecule has 5 nitrogen and oxygen atoms in total. The van der Waals surface area contributed by atoms with Crippen LogP contribution >= 0.6 is 0 Å². The molecular formula is C23H19N2O3Y-. The molecular weight excluding hydrogens is 441 g/mol. The summed E-state index contributed by atoms with van der Waals surface area (Å²) in [6, 6.07) is 28.1. The van der Waals surface area contributed by atoms with E-state index in [9.17, 15) is 10.1 Å². The fourth-order valence-corrected chi connectivity index (χ4v) is 2.45. The number of ether oxygens (including phenoxy) is 2. The first kappa shape index (κ1) is 22.6. The van der Waals surface area contributed by atoms with Crippen molar-refractivity contribution >= 4 is 5.91 Å². The summed E-state index contributed by atoms with van der Waals surface area (Å²) in [5.41, 5.74) is -0.760. The van der Waals surface area contributed by atoms with Crippen molar-refractivity contribution < 1.29 is 47.0 Å². The first-order chi connectivity index (χ1) is 13.6. The number of nitrogens with zero attached hydrogens (tertiary/aromatic N) is 1. The van der Waals surface area contributed by atoms with Crippen LogP contribution < -0.4 is 14.8 Å². The standard InChI is InChI=1S/C23H19N2O3.Y/c1-23(16-24,25-22(26)18-10-4-2-5-11-18)17-27-20-14-8-9-15-21(20)28-19-12-6-3-7-13-19;/h3-15H,17H2,1H3,(H,25,26);/q-1;. The van der Waals surface area contributed by atoms with Gasteiger partial charge in [-0.25, -0.2) is 0 Å². The number of para-hydroxylation sites is 3. The zero-order valence-corrected chi connectivity index (χ0v) is 18.8. The molecule has 3 aromatic carbocycles. The molecule has 1 radical (unpaired) electrons. The Morgan fingerprint density at radius 3 is 2.31 bits per heavy atom. The SMILES string of the molecule is CC(C#N)(COc1ccccc1Oc1ccccc1)NC(=O)c1cc[c-]cc1.[Y]. The number of hydrogen-bond acceptors (Lipinski definition) is 4. The van der Waals surface area contributed by atoms with Crippen LogP contribution in [-0.4, -0.2) is 18.1 Å². The summed E-state index contributed by atoms with van der Waals surface area (Å²) in [5, 5.41) is 12.3. The van der Waals surface area contributed by atoms with E-state index in [4.69, 9.17) is 9.47 Å². The zero-order chi connectivity index (χ0) is 19.8. The number of amides is 1. The minimum absolute atomic E-state index is 0. The molecule has 0 saturated heterocycles. The maximum Gasteiger partial charge on any atom is 0.228 e. The Kier molecular flexibility index (Phi) is 8.39. The van der Waals surface area contributed by atoms with E-state index < -0.39 is 5.54 Å². The van der Waals surface area contributed by atoms with Crippen molar-refractivity contribution in [3.8, 4) is 23.3 Å². The molecule has 0 aliphatic carbocycles. The Bertz CT molecular complexity index is 974. The zero-order valence-electron chi connectivity index (χ0n) is 16.0. The van der Waals surface area contributed by atoms with Gasteiger partial charge in [0.05, 0.1) is 6.07 Å². The molecule has 0 aliphatic rings. The van der Waals surface area contributed by atoms with Gasteiger partial charge in [0.1, 0.15) is 12.4 Å². The van der Waals surface area contributed by atoms with E-state index >= 15 is 0 Å². The Balaban J connectivity index is 0.00000300. The van der Waals surface area contributed by atoms with Gasteiger partial charge in [-0.2, -0.15) is 35.6 Å². The van der Waals surface area contributed by atoms with E-state index in [1.807, 2.05) is 42.5 Å². The third kappa shape index (κ3) is 6.42. The Morgan fingerprint density at radius 1 is 1.03 bits per heavy atom. The summed E-state index contributed by atoms with van der Waals surface area (Å²) in [6.07, 6.45) is 0. The Hall–Kier alpha value is -2.68. The summed E-state index contributed by atoms with van der Waals surface area (Å²) in [7, 11) is 0. The Morgan fingerprint density at radius 2 is 1.66 bits per heavy atom. The molecule has 0 spiro atoms. The van der Waals surface area contributed by atoms with Crippen LogP contribution in [0.3, 0.4) is 0 Å². The molecule has 1 N–H and O–H groups in total. The molecule has 1 unspecified atom stereocenters. The van der Waals surface area contributed by atoms with Crippen molar-refractivity contribution in [1.29, 1.82) is 5.26 Å². The molecule has 0 fully saturated rings. The van der Waals surface area contributed by atoms with E-state index in [1.54, 1.807) is 43.3 Å². The van der Waals surface area contributed by atoms with Gasteiger partial charge in [0.15, 0.2) is 17.0 Å². The summed E-state index contributed by atoms with van der Waals surface area (Å²) in [4.78, 5) is 12.4. The summed E-state index contributed by atoms with van der Waals surface area (Å²) < 4.78 is 11.7. The minimum atomic E-state index is -1.21. The van der Waals surface area contributed by atoms with Crippen LogP contribution in [0.5, 0.6) is 17.2 Å². The molecule has 6 heteroatoms. The van der Waals surface area contributed by atoms with E-state index in [0.717, 1.165) is 0 Å². The van der Waals surface area contributed by atoms with E-state index in [-0.39, 0.29) is 45.2 Å². The smallest absolute Gasteiger partial charge is 0.228 e. The van der Waals surface area contributed by atoms with Gasteiger partial charge >= 0.3 is 0 Å².